The minimum atomic E-state index is -0.479. The summed E-state index contributed by atoms with van der Waals surface area (Å²) in [7, 11) is 0. The van der Waals surface area contributed by atoms with Crippen LogP contribution >= 0.6 is 11.6 Å². The standard InChI is InChI=1S/C13H15ClFNO/c14-8-7-13(5-6-13)9-16-12(17)10-3-1-2-4-11(10)15/h1-4H,5-9H2,(H,16,17). The zero-order valence-corrected chi connectivity index (χ0v) is 10.3. The van der Waals surface area contributed by atoms with Gasteiger partial charge in [0.25, 0.3) is 5.91 Å². The Hall–Kier alpha value is -1.09. The van der Waals surface area contributed by atoms with Crippen molar-refractivity contribution in [2.24, 2.45) is 5.41 Å². The third-order valence-electron chi connectivity index (χ3n) is 3.32. The molecule has 1 aromatic carbocycles. The molecule has 0 aromatic heterocycles. The van der Waals surface area contributed by atoms with Crippen LogP contribution in [0.25, 0.3) is 0 Å². The molecule has 17 heavy (non-hydrogen) atoms. The van der Waals surface area contributed by atoms with E-state index < -0.39 is 5.82 Å². The molecule has 2 nitrogen and oxygen atoms in total. The predicted molar refractivity (Wildman–Crippen MR) is 65.7 cm³/mol. The van der Waals surface area contributed by atoms with Crippen LogP contribution in [-0.4, -0.2) is 18.3 Å². The molecule has 2 rings (SSSR count). The van der Waals surface area contributed by atoms with Crippen molar-refractivity contribution in [2.45, 2.75) is 19.3 Å². The highest BCUT2D eigenvalue weighted by molar-refractivity contribution is 6.17. The van der Waals surface area contributed by atoms with Gasteiger partial charge in [-0.1, -0.05) is 12.1 Å². The Morgan fingerprint density at radius 2 is 2.12 bits per heavy atom. The average molecular weight is 256 g/mol. The Morgan fingerprint density at radius 1 is 1.41 bits per heavy atom. The van der Waals surface area contributed by atoms with Crippen LogP contribution in [0, 0.1) is 11.2 Å². The van der Waals surface area contributed by atoms with Crippen molar-refractivity contribution in [3.8, 4) is 0 Å². The Bertz CT molecular complexity index is 418. The smallest absolute Gasteiger partial charge is 0.254 e. The van der Waals surface area contributed by atoms with E-state index in [1.165, 1.54) is 12.1 Å². The summed E-state index contributed by atoms with van der Waals surface area (Å²) < 4.78 is 13.3. The lowest BCUT2D eigenvalue weighted by Gasteiger charge is -2.14. The highest BCUT2D eigenvalue weighted by atomic mass is 35.5. The van der Waals surface area contributed by atoms with Gasteiger partial charge in [-0.25, -0.2) is 4.39 Å². The van der Waals surface area contributed by atoms with Gasteiger partial charge in [-0.05, 0) is 36.8 Å². The van der Waals surface area contributed by atoms with E-state index in [4.69, 9.17) is 11.6 Å². The van der Waals surface area contributed by atoms with Crippen LogP contribution in [0.4, 0.5) is 4.39 Å². The fraction of sp³-hybridized carbons (Fsp3) is 0.462. The molecule has 1 saturated carbocycles. The van der Waals surface area contributed by atoms with Crippen molar-refractivity contribution in [3.63, 3.8) is 0 Å². The predicted octanol–water partition coefficient (Wildman–Crippen LogP) is 2.96. The minimum absolute atomic E-state index is 0.106. The van der Waals surface area contributed by atoms with E-state index in [1.54, 1.807) is 12.1 Å². The number of benzene rings is 1. The molecule has 0 aliphatic heterocycles. The molecule has 0 heterocycles. The highest BCUT2D eigenvalue weighted by Gasteiger charge is 2.41. The molecule has 1 aromatic rings. The quantitative estimate of drug-likeness (QED) is 0.806. The molecule has 0 radical (unpaired) electrons. The number of nitrogens with one attached hydrogen (secondary N) is 1. The molecule has 1 amide bonds. The SMILES string of the molecule is O=C(NCC1(CCCl)CC1)c1ccccc1F. The van der Waals surface area contributed by atoms with E-state index in [0.29, 0.717) is 12.4 Å². The number of hydrogen-bond donors (Lipinski definition) is 1. The van der Waals surface area contributed by atoms with Gasteiger partial charge in [-0.3, -0.25) is 4.79 Å². The monoisotopic (exact) mass is 255 g/mol. The van der Waals surface area contributed by atoms with Crippen molar-refractivity contribution in [3.05, 3.63) is 35.6 Å². The van der Waals surface area contributed by atoms with Crippen molar-refractivity contribution >= 4 is 17.5 Å². The Balaban J connectivity index is 1.92. The molecule has 0 atom stereocenters. The number of amides is 1. The minimum Gasteiger partial charge on any atom is -0.351 e. The van der Waals surface area contributed by atoms with Gasteiger partial charge < -0.3 is 5.32 Å². The lowest BCUT2D eigenvalue weighted by molar-refractivity contribution is 0.0940. The zero-order valence-electron chi connectivity index (χ0n) is 9.51. The molecule has 1 N–H and O–H groups in total. The van der Waals surface area contributed by atoms with Crippen LogP contribution in [0.5, 0.6) is 0 Å². The maximum absolute atomic E-state index is 13.3. The van der Waals surface area contributed by atoms with Crippen molar-refractivity contribution in [1.29, 1.82) is 0 Å². The Labute approximate surface area is 105 Å². The lowest BCUT2D eigenvalue weighted by atomic mass is 10.0. The summed E-state index contributed by atoms with van der Waals surface area (Å²) in [5.74, 6) is -0.216. The molecule has 1 fully saturated rings. The van der Waals surface area contributed by atoms with Gasteiger partial charge in [0, 0.05) is 12.4 Å². The largest absolute Gasteiger partial charge is 0.351 e. The van der Waals surface area contributed by atoms with Crippen LogP contribution in [0.2, 0.25) is 0 Å². The summed E-state index contributed by atoms with van der Waals surface area (Å²) in [5, 5.41) is 2.79. The maximum atomic E-state index is 13.3. The van der Waals surface area contributed by atoms with Gasteiger partial charge in [0.05, 0.1) is 5.56 Å². The number of carbonyl (C=O) groups is 1. The van der Waals surface area contributed by atoms with Gasteiger partial charge in [-0.15, -0.1) is 11.6 Å². The zero-order chi connectivity index (χ0) is 12.3. The average Bonchev–Trinajstić information content (AvgIpc) is 3.08. The first-order valence-corrected chi connectivity index (χ1v) is 6.29. The molecule has 4 heteroatoms. The lowest BCUT2D eigenvalue weighted by Crippen LogP contribution is -2.31. The summed E-state index contributed by atoms with van der Waals surface area (Å²) >= 11 is 5.71. The molecule has 0 spiro atoms. The van der Waals surface area contributed by atoms with E-state index >= 15 is 0 Å². The van der Waals surface area contributed by atoms with E-state index in [-0.39, 0.29) is 16.9 Å². The summed E-state index contributed by atoms with van der Waals surface area (Å²) in [5.41, 5.74) is 0.275. The van der Waals surface area contributed by atoms with E-state index in [9.17, 15) is 9.18 Å². The van der Waals surface area contributed by atoms with E-state index in [0.717, 1.165) is 19.3 Å². The highest BCUT2D eigenvalue weighted by Crippen LogP contribution is 2.48. The van der Waals surface area contributed by atoms with Gasteiger partial charge in [0.2, 0.25) is 0 Å². The number of rotatable bonds is 5. The number of alkyl halides is 1. The molecular weight excluding hydrogens is 241 g/mol. The summed E-state index contributed by atoms with van der Waals surface area (Å²) in [4.78, 5) is 11.8. The first-order valence-electron chi connectivity index (χ1n) is 5.76. The molecule has 0 unspecified atom stereocenters. The maximum Gasteiger partial charge on any atom is 0.254 e. The van der Waals surface area contributed by atoms with Gasteiger partial charge >= 0.3 is 0 Å². The van der Waals surface area contributed by atoms with Crippen LogP contribution in [0.1, 0.15) is 29.6 Å². The number of hydrogen-bond acceptors (Lipinski definition) is 1. The fourth-order valence-electron chi connectivity index (χ4n) is 1.90. The Kier molecular flexibility index (Phi) is 3.67. The van der Waals surface area contributed by atoms with Crippen molar-refractivity contribution in [2.75, 3.05) is 12.4 Å². The van der Waals surface area contributed by atoms with Crippen molar-refractivity contribution < 1.29 is 9.18 Å². The number of halogens is 2. The van der Waals surface area contributed by atoms with Crippen LogP contribution in [-0.2, 0) is 0 Å². The topological polar surface area (TPSA) is 29.1 Å². The molecule has 0 saturated heterocycles. The van der Waals surface area contributed by atoms with E-state index in [1.807, 2.05) is 0 Å². The third-order valence-corrected chi connectivity index (χ3v) is 3.51. The first kappa shape index (κ1) is 12.4. The normalized spacial score (nSPS) is 16.6. The van der Waals surface area contributed by atoms with E-state index in [2.05, 4.69) is 5.32 Å². The second-order valence-corrected chi connectivity index (χ2v) is 4.98. The van der Waals surface area contributed by atoms with Crippen LogP contribution in [0.15, 0.2) is 24.3 Å². The summed E-state index contributed by atoms with van der Waals surface area (Å²) in [6, 6.07) is 6.01. The number of carbonyl (C=O) groups excluding carboxylic acids is 1. The second-order valence-electron chi connectivity index (χ2n) is 4.60. The molecule has 92 valence electrons. The molecule has 1 aliphatic rings. The van der Waals surface area contributed by atoms with Gasteiger partial charge in [0.15, 0.2) is 0 Å². The van der Waals surface area contributed by atoms with Crippen LogP contribution < -0.4 is 5.32 Å². The molecule has 1 aliphatic carbocycles. The fourth-order valence-corrected chi connectivity index (χ4v) is 2.30. The first-order chi connectivity index (χ1) is 8.17. The van der Waals surface area contributed by atoms with Gasteiger partial charge in [0.1, 0.15) is 5.82 Å². The van der Waals surface area contributed by atoms with Gasteiger partial charge in [-0.2, -0.15) is 0 Å². The van der Waals surface area contributed by atoms with Crippen molar-refractivity contribution in [1.82, 2.24) is 5.32 Å². The summed E-state index contributed by atoms with van der Waals surface area (Å²) in [6.07, 6.45) is 3.10. The molecule has 0 bridgehead atoms. The molecular formula is C13H15ClFNO. The van der Waals surface area contributed by atoms with Crippen LogP contribution in [0.3, 0.4) is 0 Å². The third kappa shape index (κ3) is 2.97. The second kappa shape index (κ2) is 5.05. The Morgan fingerprint density at radius 3 is 2.71 bits per heavy atom. The summed E-state index contributed by atoms with van der Waals surface area (Å²) in [6.45, 7) is 0.590.